The lowest BCUT2D eigenvalue weighted by atomic mass is 9.95. The molecular weight excluding hydrogens is 797 g/mol. The summed E-state index contributed by atoms with van der Waals surface area (Å²) in [6, 6.07) is 26.5. The van der Waals surface area contributed by atoms with Crippen molar-refractivity contribution in [2.24, 2.45) is 22.7 Å². The van der Waals surface area contributed by atoms with Crippen LogP contribution >= 0.6 is 0 Å². The fraction of sp³-hybridized carbons (Fsp3) is 0.367. The smallest absolute Gasteiger partial charge is 0.432 e. The predicted molar refractivity (Wildman–Crippen MR) is 243 cm³/mol. The zero-order valence-electron chi connectivity index (χ0n) is 36.6. The van der Waals surface area contributed by atoms with Crippen molar-refractivity contribution < 1.29 is 28.7 Å². The molecule has 3 N–H and O–H groups in total. The zero-order chi connectivity index (χ0) is 44.4. The summed E-state index contributed by atoms with van der Waals surface area (Å²) in [7, 11) is 2.56. The number of imidazole rings is 2. The summed E-state index contributed by atoms with van der Waals surface area (Å²) < 4.78 is 9.42. The van der Waals surface area contributed by atoms with Crippen molar-refractivity contribution in [2.45, 2.75) is 71.5 Å². The molecule has 14 heteroatoms. The number of nitrogens with one attached hydrogen (secondary N) is 3. The van der Waals surface area contributed by atoms with E-state index in [0.717, 1.165) is 92.6 Å². The van der Waals surface area contributed by atoms with Crippen molar-refractivity contribution in [3.63, 3.8) is 0 Å². The van der Waals surface area contributed by atoms with Crippen LogP contribution in [0, 0.1) is 17.8 Å². The number of aliphatic imine (C=N–C) groups is 1. The number of alkyl carbamates (subject to hydrolysis) is 1. The van der Waals surface area contributed by atoms with Gasteiger partial charge in [0.2, 0.25) is 11.8 Å². The quantitative estimate of drug-likeness (QED) is 0.108. The minimum absolute atomic E-state index is 0.0442. The molecule has 4 unspecified atom stereocenters. The van der Waals surface area contributed by atoms with Crippen LogP contribution in [0.1, 0.15) is 77.1 Å². The van der Waals surface area contributed by atoms with Crippen molar-refractivity contribution in [1.29, 1.82) is 0 Å². The van der Waals surface area contributed by atoms with E-state index >= 15 is 0 Å². The molecule has 0 spiro atoms. The topological polar surface area (TPSA) is 175 Å². The highest BCUT2D eigenvalue weighted by atomic mass is 16.5. The highest BCUT2D eigenvalue weighted by Gasteiger charge is 2.38. The third-order valence-electron chi connectivity index (χ3n) is 12.4. The van der Waals surface area contributed by atoms with Gasteiger partial charge in [-0.3, -0.25) is 9.59 Å². The molecule has 6 aromatic rings. The minimum Gasteiger partial charge on any atom is -0.453 e. The Balaban J connectivity index is 0.949. The second-order valence-corrected chi connectivity index (χ2v) is 17.1. The SMILES string of the molecule is COC(=O)N=CC(C(=O)N1CCCC1c1ncc(-c2ccc(-c3ccc4cc(-c5ccc6nc(C7CCCN7C(=O)C(NC(=O)OC)C(C)C)[nH]c6c5)ccc4c3)cc2)[nH]1)C(C)C. The van der Waals surface area contributed by atoms with E-state index in [2.05, 4.69) is 97.8 Å². The largest absolute Gasteiger partial charge is 0.453 e. The summed E-state index contributed by atoms with van der Waals surface area (Å²) >= 11 is 0. The summed E-state index contributed by atoms with van der Waals surface area (Å²) in [5, 5.41) is 4.97. The Bertz CT molecular complexity index is 2680. The van der Waals surface area contributed by atoms with Crippen LogP contribution in [-0.2, 0) is 19.1 Å². The molecule has 8 rings (SSSR count). The van der Waals surface area contributed by atoms with Crippen LogP contribution in [0.3, 0.4) is 0 Å². The van der Waals surface area contributed by atoms with E-state index in [-0.39, 0.29) is 35.7 Å². The van der Waals surface area contributed by atoms with Crippen molar-refractivity contribution >= 4 is 52.0 Å². The number of fused-ring (bicyclic) bond motifs is 2. The molecule has 0 radical (unpaired) electrons. The molecule has 2 aromatic heterocycles. The second kappa shape index (κ2) is 18.3. The number of hydrogen-bond donors (Lipinski definition) is 3. The first-order valence-electron chi connectivity index (χ1n) is 21.7. The van der Waals surface area contributed by atoms with Gasteiger partial charge in [-0.2, -0.15) is 4.99 Å². The van der Waals surface area contributed by atoms with Gasteiger partial charge in [0.15, 0.2) is 0 Å². The van der Waals surface area contributed by atoms with E-state index in [1.807, 2.05) is 49.8 Å². The second-order valence-electron chi connectivity index (χ2n) is 17.1. The van der Waals surface area contributed by atoms with E-state index < -0.39 is 24.1 Å². The number of nitrogens with zero attached hydrogens (tertiary/aromatic N) is 5. The van der Waals surface area contributed by atoms with Gasteiger partial charge in [0.25, 0.3) is 0 Å². The van der Waals surface area contributed by atoms with E-state index in [0.29, 0.717) is 13.1 Å². The van der Waals surface area contributed by atoms with Crippen LogP contribution in [0.5, 0.6) is 0 Å². The Hall–Kier alpha value is -6.83. The number of H-pyrrole nitrogens is 2. The molecule has 4 heterocycles. The highest BCUT2D eigenvalue weighted by molar-refractivity contribution is 5.97. The maximum Gasteiger partial charge on any atom is 0.432 e. The maximum absolute atomic E-state index is 13.7. The Kier molecular flexibility index (Phi) is 12.4. The summed E-state index contributed by atoms with van der Waals surface area (Å²) in [6.45, 7) is 8.91. The van der Waals surface area contributed by atoms with Gasteiger partial charge < -0.3 is 34.6 Å². The van der Waals surface area contributed by atoms with Gasteiger partial charge in [-0.15, -0.1) is 0 Å². The molecule has 4 aromatic carbocycles. The number of aromatic nitrogens is 4. The first-order chi connectivity index (χ1) is 30.4. The third kappa shape index (κ3) is 8.93. The number of rotatable bonds is 11. The highest BCUT2D eigenvalue weighted by Crippen LogP contribution is 2.36. The predicted octanol–water partition coefficient (Wildman–Crippen LogP) is 9.26. The van der Waals surface area contributed by atoms with E-state index in [1.165, 1.54) is 20.4 Å². The number of amides is 4. The van der Waals surface area contributed by atoms with Crippen LogP contribution in [-0.4, -0.2) is 93.3 Å². The number of ether oxygens (including phenoxy) is 2. The van der Waals surface area contributed by atoms with Crippen LogP contribution in [0.2, 0.25) is 0 Å². The Morgan fingerprint density at radius 1 is 0.714 bits per heavy atom. The van der Waals surface area contributed by atoms with Gasteiger partial charge in [0.05, 0.1) is 55.1 Å². The molecule has 2 aliphatic heterocycles. The van der Waals surface area contributed by atoms with Gasteiger partial charge in [0.1, 0.15) is 17.7 Å². The third-order valence-corrected chi connectivity index (χ3v) is 12.4. The van der Waals surface area contributed by atoms with Crippen LogP contribution < -0.4 is 5.32 Å². The minimum atomic E-state index is -0.723. The molecule has 4 amide bonds. The van der Waals surface area contributed by atoms with Gasteiger partial charge in [0, 0.05) is 19.3 Å². The van der Waals surface area contributed by atoms with Crippen LogP contribution in [0.15, 0.2) is 90.1 Å². The molecule has 2 saturated heterocycles. The lowest BCUT2D eigenvalue weighted by Gasteiger charge is -2.29. The molecule has 2 aliphatic rings. The average molecular weight is 851 g/mol. The first-order valence-corrected chi connectivity index (χ1v) is 21.7. The number of carbonyl (C=O) groups excluding carboxylic acids is 4. The molecule has 63 heavy (non-hydrogen) atoms. The number of aromatic amines is 2. The van der Waals surface area contributed by atoms with Gasteiger partial charge in [-0.1, -0.05) is 82.3 Å². The van der Waals surface area contributed by atoms with Gasteiger partial charge in [-0.05, 0) is 100 Å². The monoisotopic (exact) mass is 850 g/mol. The molecule has 0 aliphatic carbocycles. The molecule has 0 bridgehead atoms. The number of carbonyl (C=O) groups is 4. The number of likely N-dealkylation sites (tertiary alicyclic amines) is 2. The molecule has 14 nitrogen and oxygen atoms in total. The van der Waals surface area contributed by atoms with Crippen LogP contribution in [0.25, 0.3) is 55.3 Å². The molecule has 326 valence electrons. The zero-order valence-corrected chi connectivity index (χ0v) is 36.6. The number of methoxy groups -OCH3 is 2. The lowest BCUT2D eigenvalue weighted by molar-refractivity contribution is -0.136. The number of benzene rings is 4. The Labute approximate surface area is 366 Å². The van der Waals surface area contributed by atoms with Crippen molar-refractivity contribution in [3.8, 4) is 33.5 Å². The standard InChI is InChI=1S/C49H54N8O6/c1-28(2)37(26-51-48(60)62-5)46(58)56-21-7-9-41(56)44-50-27-40(54-44)31-13-11-30(12-14-31)32-15-16-34-24-35(18-17-33(34)23-32)36-19-20-38-39(25-36)53-45(52-38)42-10-8-22-57(42)47(59)43(29(3)4)55-49(61)63-6/h11-20,23-29,37,41-43H,7-10,21-22H2,1-6H3,(H,50,54)(H,52,53)(H,55,61). The molecule has 0 saturated carbocycles. The summed E-state index contributed by atoms with van der Waals surface area (Å²) in [6.07, 6.45) is 5.18. The average Bonchev–Trinajstić information content (AvgIpc) is 4.14. The van der Waals surface area contributed by atoms with Crippen LogP contribution in [0.4, 0.5) is 9.59 Å². The first kappa shape index (κ1) is 42.8. The fourth-order valence-electron chi connectivity index (χ4n) is 8.88. The Morgan fingerprint density at radius 2 is 1.30 bits per heavy atom. The fourth-order valence-corrected chi connectivity index (χ4v) is 8.88. The molecule has 4 atom stereocenters. The van der Waals surface area contributed by atoms with E-state index in [9.17, 15) is 19.2 Å². The van der Waals surface area contributed by atoms with E-state index in [1.54, 1.807) is 0 Å². The Morgan fingerprint density at radius 3 is 1.94 bits per heavy atom. The van der Waals surface area contributed by atoms with E-state index in [4.69, 9.17) is 14.7 Å². The van der Waals surface area contributed by atoms with Gasteiger partial charge >= 0.3 is 12.2 Å². The van der Waals surface area contributed by atoms with Crippen molar-refractivity contribution in [2.75, 3.05) is 27.3 Å². The number of hydrogen-bond acceptors (Lipinski definition) is 8. The maximum atomic E-state index is 13.7. The van der Waals surface area contributed by atoms with Crippen molar-refractivity contribution in [1.82, 2.24) is 35.1 Å². The summed E-state index contributed by atoms with van der Waals surface area (Å²) in [5.41, 5.74) is 7.93. The molecule has 2 fully saturated rings. The van der Waals surface area contributed by atoms with Crippen molar-refractivity contribution in [3.05, 3.63) is 96.7 Å². The molecular formula is C49H54N8O6. The summed E-state index contributed by atoms with van der Waals surface area (Å²) in [5.74, 6) is 0.581. The van der Waals surface area contributed by atoms with Gasteiger partial charge in [-0.25, -0.2) is 19.6 Å². The normalized spacial score (nSPS) is 17.6. The summed E-state index contributed by atoms with van der Waals surface area (Å²) in [4.78, 5) is 75.1. The lowest BCUT2D eigenvalue weighted by Crippen LogP contribution is -2.51.